The van der Waals surface area contributed by atoms with Crippen LogP contribution in [0.5, 0.6) is 0 Å². The summed E-state index contributed by atoms with van der Waals surface area (Å²) in [6, 6.07) is 20.4. The molecule has 0 unspecified atom stereocenters. The number of carbonyl (C=O) groups is 1. The smallest absolute Gasteiger partial charge is 0.242 e. The molecule has 2 aliphatic carbocycles. The number of anilines is 2. The van der Waals surface area contributed by atoms with Crippen LogP contribution < -0.4 is 16.0 Å². The average molecular weight is 585 g/mol. The van der Waals surface area contributed by atoms with E-state index in [-0.39, 0.29) is 11.9 Å². The Bertz CT molecular complexity index is 1500. The molecule has 8 nitrogen and oxygen atoms in total. The Balaban J connectivity index is 1.24. The molecular weight excluding hydrogens is 548 g/mol. The number of amides is 1. The van der Waals surface area contributed by atoms with Crippen molar-refractivity contribution >= 4 is 29.3 Å². The van der Waals surface area contributed by atoms with E-state index in [1.54, 1.807) is 0 Å². The van der Waals surface area contributed by atoms with Gasteiger partial charge in [0.2, 0.25) is 11.9 Å². The number of hydrogen-bond donors (Lipinski definition) is 4. The lowest BCUT2D eigenvalue weighted by Gasteiger charge is -2.28. The second-order valence-corrected chi connectivity index (χ2v) is 11.8. The maximum atomic E-state index is 13.9. The quantitative estimate of drug-likeness (QED) is 0.181. The van der Waals surface area contributed by atoms with E-state index in [0.717, 1.165) is 29.5 Å². The van der Waals surface area contributed by atoms with Gasteiger partial charge in [-0.1, -0.05) is 80.1 Å². The molecule has 0 bridgehead atoms. The van der Waals surface area contributed by atoms with Crippen LogP contribution in [0.2, 0.25) is 5.02 Å². The summed E-state index contributed by atoms with van der Waals surface area (Å²) in [6.45, 7) is 0.501. The van der Waals surface area contributed by atoms with Crippen LogP contribution in [0, 0.1) is 5.92 Å². The fourth-order valence-electron chi connectivity index (χ4n) is 6.19. The van der Waals surface area contributed by atoms with Crippen LogP contribution in [0.3, 0.4) is 0 Å². The first-order valence-electron chi connectivity index (χ1n) is 14.9. The van der Waals surface area contributed by atoms with E-state index in [9.17, 15) is 9.90 Å². The number of aliphatic hydroxyl groups excluding tert-OH is 1. The highest BCUT2D eigenvalue weighted by Crippen LogP contribution is 2.32. The number of hydrogen-bond acceptors (Lipinski definition) is 6. The van der Waals surface area contributed by atoms with E-state index < -0.39 is 12.1 Å². The molecule has 2 aromatic carbocycles. The number of fused-ring (bicyclic) bond motifs is 1. The molecule has 3 atom stereocenters. The van der Waals surface area contributed by atoms with Gasteiger partial charge in [-0.2, -0.15) is 9.97 Å². The summed E-state index contributed by atoms with van der Waals surface area (Å²) in [6.07, 6.45) is 10.3. The molecule has 1 fully saturated rings. The van der Waals surface area contributed by atoms with Gasteiger partial charge < -0.3 is 25.6 Å². The van der Waals surface area contributed by atoms with Gasteiger partial charge in [0.1, 0.15) is 17.7 Å². The molecule has 4 N–H and O–H groups in total. The lowest BCUT2D eigenvalue weighted by atomic mass is 9.84. The number of aliphatic hydroxyl groups is 1. The Kier molecular flexibility index (Phi) is 8.72. The van der Waals surface area contributed by atoms with Crippen molar-refractivity contribution in [2.45, 2.75) is 69.7 Å². The minimum Gasteiger partial charge on any atom is -0.386 e. The first-order valence-corrected chi connectivity index (χ1v) is 15.2. The van der Waals surface area contributed by atoms with Gasteiger partial charge in [-0.05, 0) is 59.7 Å². The Hall–Kier alpha value is -3.88. The summed E-state index contributed by atoms with van der Waals surface area (Å²) in [5.74, 6) is 2.03. The number of benzene rings is 2. The van der Waals surface area contributed by atoms with Crippen LogP contribution in [-0.2, 0) is 17.8 Å². The molecule has 4 aromatic rings. The summed E-state index contributed by atoms with van der Waals surface area (Å²) in [4.78, 5) is 23.4. The van der Waals surface area contributed by atoms with Crippen molar-refractivity contribution in [3.63, 3.8) is 0 Å². The topological polar surface area (TPSA) is 104 Å². The van der Waals surface area contributed by atoms with Gasteiger partial charge in [-0.15, -0.1) is 0 Å². The molecule has 0 saturated heterocycles. The molecule has 218 valence electrons. The van der Waals surface area contributed by atoms with Gasteiger partial charge in [0.25, 0.3) is 0 Å². The Labute approximate surface area is 251 Å². The highest BCUT2D eigenvalue weighted by molar-refractivity contribution is 6.30. The largest absolute Gasteiger partial charge is 0.386 e. The third kappa shape index (κ3) is 6.77. The third-order valence-electron chi connectivity index (χ3n) is 8.38. The first kappa shape index (κ1) is 28.2. The predicted octanol–water partition coefficient (Wildman–Crippen LogP) is 6.06. The minimum atomic E-state index is -0.720. The molecule has 1 amide bonds. The van der Waals surface area contributed by atoms with Crippen LogP contribution in [0.1, 0.15) is 61.3 Å². The van der Waals surface area contributed by atoms with Crippen molar-refractivity contribution in [2.75, 3.05) is 10.6 Å². The zero-order valence-corrected chi connectivity index (χ0v) is 24.3. The summed E-state index contributed by atoms with van der Waals surface area (Å²) in [5.41, 5.74) is 2.98. The number of nitrogens with zero attached hydrogens (tertiary/aromatic N) is 3. The van der Waals surface area contributed by atoms with Crippen molar-refractivity contribution in [2.24, 2.45) is 5.92 Å². The van der Waals surface area contributed by atoms with Gasteiger partial charge in [0.05, 0.1) is 12.1 Å². The predicted molar refractivity (Wildman–Crippen MR) is 166 cm³/mol. The molecule has 0 aliphatic heterocycles. The Morgan fingerprint density at radius 3 is 2.60 bits per heavy atom. The highest BCUT2D eigenvalue weighted by atomic mass is 35.5. The van der Waals surface area contributed by atoms with Crippen LogP contribution in [0.15, 0.2) is 79.1 Å². The lowest BCUT2D eigenvalue weighted by Crippen LogP contribution is -2.47. The maximum absolute atomic E-state index is 13.9. The average Bonchev–Trinajstić information content (AvgIpc) is 3.65. The molecule has 0 radical (unpaired) electrons. The molecule has 1 saturated carbocycles. The maximum Gasteiger partial charge on any atom is 0.242 e. The van der Waals surface area contributed by atoms with Gasteiger partial charge in [0.15, 0.2) is 0 Å². The Morgan fingerprint density at radius 2 is 1.81 bits per heavy atom. The molecular formula is C33H37ClN6O2. The van der Waals surface area contributed by atoms with Crippen molar-refractivity contribution in [3.8, 4) is 5.82 Å². The molecule has 0 spiro atoms. The SMILES string of the molecule is O=C(N[C@@H]1Cc2ccccc2[C@@H]1O)[C@@H](CC1CCCCC1)Nc1cc(-n2cccc2)nc(NCc2cccc(Cl)c2)n1. The van der Waals surface area contributed by atoms with E-state index in [0.29, 0.717) is 47.9 Å². The van der Waals surface area contributed by atoms with Gasteiger partial charge in [-0.25, -0.2) is 0 Å². The zero-order chi connectivity index (χ0) is 28.9. The molecule has 2 aromatic heterocycles. The molecule has 6 rings (SSSR count). The number of carbonyl (C=O) groups excluding carboxylic acids is 1. The van der Waals surface area contributed by atoms with E-state index in [1.807, 2.05) is 83.7 Å². The van der Waals surface area contributed by atoms with Crippen LogP contribution in [0.25, 0.3) is 5.82 Å². The normalized spacial score (nSPS) is 19.2. The number of aromatic nitrogens is 3. The van der Waals surface area contributed by atoms with Gasteiger partial charge in [-0.3, -0.25) is 4.79 Å². The van der Waals surface area contributed by atoms with Crippen LogP contribution in [0.4, 0.5) is 11.8 Å². The van der Waals surface area contributed by atoms with Crippen LogP contribution >= 0.6 is 11.6 Å². The van der Waals surface area contributed by atoms with Crippen molar-refractivity contribution in [3.05, 3.63) is 101 Å². The molecule has 9 heteroatoms. The highest BCUT2D eigenvalue weighted by Gasteiger charge is 2.34. The third-order valence-corrected chi connectivity index (χ3v) is 8.61. The fourth-order valence-corrected chi connectivity index (χ4v) is 6.40. The number of nitrogens with one attached hydrogen (secondary N) is 3. The minimum absolute atomic E-state index is 0.119. The molecule has 2 aliphatic rings. The summed E-state index contributed by atoms with van der Waals surface area (Å²) < 4.78 is 1.92. The number of rotatable bonds is 10. The van der Waals surface area contributed by atoms with E-state index in [4.69, 9.17) is 21.6 Å². The van der Waals surface area contributed by atoms with Crippen molar-refractivity contribution < 1.29 is 9.90 Å². The van der Waals surface area contributed by atoms with Gasteiger partial charge >= 0.3 is 0 Å². The monoisotopic (exact) mass is 584 g/mol. The van der Waals surface area contributed by atoms with E-state index >= 15 is 0 Å². The number of halogens is 1. The fraction of sp³-hybridized carbons (Fsp3) is 0.364. The van der Waals surface area contributed by atoms with Crippen molar-refractivity contribution in [1.29, 1.82) is 0 Å². The van der Waals surface area contributed by atoms with Crippen molar-refractivity contribution in [1.82, 2.24) is 19.9 Å². The molecule has 42 heavy (non-hydrogen) atoms. The lowest BCUT2D eigenvalue weighted by molar-refractivity contribution is -0.123. The summed E-state index contributed by atoms with van der Waals surface area (Å²) in [7, 11) is 0. The summed E-state index contributed by atoms with van der Waals surface area (Å²) >= 11 is 6.18. The zero-order valence-electron chi connectivity index (χ0n) is 23.5. The second kappa shape index (κ2) is 13.0. The first-order chi connectivity index (χ1) is 20.5. The Morgan fingerprint density at radius 1 is 1.00 bits per heavy atom. The second-order valence-electron chi connectivity index (χ2n) is 11.4. The van der Waals surface area contributed by atoms with E-state index in [2.05, 4.69) is 16.0 Å². The van der Waals surface area contributed by atoms with Crippen LogP contribution in [-0.4, -0.2) is 37.6 Å². The van der Waals surface area contributed by atoms with Gasteiger partial charge in [0, 0.05) is 30.0 Å². The molecule has 2 heterocycles. The summed E-state index contributed by atoms with van der Waals surface area (Å²) in [5, 5.41) is 21.6. The van der Waals surface area contributed by atoms with E-state index in [1.165, 1.54) is 19.3 Å². The standard InChI is InChI=1S/C33H37ClN6O2/c34-25-13-8-11-23(17-25)21-35-33-38-29(20-30(39-33)40-15-6-7-16-40)36-28(18-22-9-2-1-3-10-22)32(42)37-27-19-24-12-4-5-14-26(24)31(27)41/h4-8,11-17,20,22,27-28,31,41H,1-3,9-10,18-19,21H2,(H,37,42)(H2,35,36,38,39)/t27-,28-,31+/m1/s1.